The van der Waals surface area contributed by atoms with E-state index < -0.39 is 0 Å². The SMILES string of the molecule is CC(C)NC(=O)c1ccc2ccsc2c1. The van der Waals surface area contributed by atoms with Crippen LogP contribution in [0.2, 0.25) is 0 Å². The summed E-state index contributed by atoms with van der Waals surface area (Å²) in [4.78, 5) is 11.7. The Balaban J connectivity index is 2.31. The summed E-state index contributed by atoms with van der Waals surface area (Å²) < 4.78 is 1.16. The van der Waals surface area contributed by atoms with Crippen LogP contribution in [0.3, 0.4) is 0 Å². The van der Waals surface area contributed by atoms with Crippen molar-refractivity contribution in [2.24, 2.45) is 0 Å². The molecule has 1 aromatic carbocycles. The standard InChI is InChI=1S/C12H13NOS/c1-8(2)13-12(14)10-4-3-9-5-6-15-11(9)7-10/h3-8H,1-2H3,(H,13,14). The van der Waals surface area contributed by atoms with Gasteiger partial charge in [0.1, 0.15) is 0 Å². The van der Waals surface area contributed by atoms with E-state index in [4.69, 9.17) is 0 Å². The van der Waals surface area contributed by atoms with Crippen molar-refractivity contribution in [3.8, 4) is 0 Å². The molecule has 0 aliphatic carbocycles. The van der Waals surface area contributed by atoms with Crippen molar-refractivity contribution in [2.75, 3.05) is 0 Å². The molecule has 0 spiro atoms. The van der Waals surface area contributed by atoms with Crippen LogP contribution in [0.1, 0.15) is 24.2 Å². The summed E-state index contributed by atoms with van der Waals surface area (Å²) in [7, 11) is 0. The molecule has 2 rings (SSSR count). The lowest BCUT2D eigenvalue weighted by molar-refractivity contribution is 0.0943. The predicted molar refractivity (Wildman–Crippen MR) is 64.4 cm³/mol. The second kappa shape index (κ2) is 4.03. The molecule has 78 valence electrons. The maximum absolute atomic E-state index is 11.7. The van der Waals surface area contributed by atoms with E-state index in [1.165, 1.54) is 5.39 Å². The average Bonchev–Trinajstić information content (AvgIpc) is 2.62. The number of carbonyl (C=O) groups excluding carboxylic acids is 1. The molecule has 0 saturated heterocycles. The minimum atomic E-state index is 0.000278. The largest absolute Gasteiger partial charge is 0.350 e. The molecule has 0 unspecified atom stereocenters. The highest BCUT2D eigenvalue weighted by Crippen LogP contribution is 2.21. The van der Waals surface area contributed by atoms with Crippen molar-refractivity contribution in [1.82, 2.24) is 5.32 Å². The van der Waals surface area contributed by atoms with Gasteiger partial charge < -0.3 is 5.32 Å². The molecule has 0 fully saturated rings. The van der Waals surface area contributed by atoms with Gasteiger partial charge in [0.2, 0.25) is 0 Å². The van der Waals surface area contributed by atoms with E-state index >= 15 is 0 Å². The van der Waals surface area contributed by atoms with Crippen LogP contribution < -0.4 is 5.32 Å². The maximum atomic E-state index is 11.7. The van der Waals surface area contributed by atoms with Crippen LogP contribution in [0.4, 0.5) is 0 Å². The molecule has 2 nitrogen and oxygen atoms in total. The Kier molecular flexibility index (Phi) is 2.73. The van der Waals surface area contributed by atoms with Crippen molar-refractivity contribution >= 4 is 27.3 Å². The molecule has 0 aliphatic rings. The number of rotatable bonds is 2. The zero-order valence-corrected chi connectivity index (χ0v) is 9.60. The fraction of sp³-hybridized carbons (Fsp3) is 0.250. The van der Waals surface area contributed by atoms with Crippen LogP contribution in [0.5, 0.6) is 0 Å². The Bertz CT molecular complexity index is 487. The Morgan fingerprint density at radius 3 is 2.87 bits per heavy atom. The van der Waals surface area contributed by atoms with Crippen molar-refractivity contribution in [1.29, 1.82) is 0 Å². The molecule has 0 bridgehead atoms. The van der Waals surface area contributed by atoms with Gasteiger partial charge >= 0.3 is 0 Å². The third-order valence-corrected chi connectivity index (χ3v) is 3.02. The molecule has 1 amide bonds. The Morgan fingerprint density at radius 1 is 1.33 bits per heavy atom. The van der Waals surface area contributed by atoms with Gasteiger partial charge in [-0.15, -0.1) is 11.3 Å². The molecule has 0 aliphatic heterocycles. The van der Waals surface area contributed by atoms with E-state index in [1.54, 1.807) is 11.3 Å². The molecule has 1 heterocycles. The topological polar surface area (TPSA) is 29.1 Å². The van der Waals surface area contributed by atoms with Gasteiger partial charge in [0.15, 0.2) is 0 Å². The molecule has 2 aromatic rings. The lowest BCUT2D eigenvalue weighted by atomic mass is 10.1. The second-order valence-corrected chi connectivity index (χ2v) is 4.75. The lowest BCUT2D eigenvalue weighted by Gasteiger charge is -2.07. The molecule has 0 radical (unpaired) electrons. The number of nitrogens with one attached hydrogen (secondary N) is 1. The summed E-state index contributed by atoms with van der Waals surface area (Å²) in [6, 6.07) is 8.03. The van der Waals surface area contributed by atoms with Crippen LogP contribution in [0.25, 0.3) is 10.1 Å². The van der Waals surface area contributed by atoms with E-state index in [0.717, 1.165) is 10.3 Å². The van der Waals surface area contributed by atoms with Gasteiger partial charge in [-0.2, -0.15) is 0 Å². The van der Waals surface area contributed by atoms with Gasteiger partial charge in [0, 0.05) is 16.3 Å². The number of hydrogen-bond donors (Lipinski definition) is 1. The lowest BCUT2D eigenvalue weighted by Crippen LogP contribution is -2.29. The normalized spacial score (nSPS) is 10.9. The first-order valence-electron chi connectivity index (χ1n) is 4.95. The highest BCUT2D eigenvalue weighted by Gasteiger charge is 2.07. The Labute approximate surface area is 92.9 Å². The predicted octanol–water partition coefficient (Wildman–Crippen LogP) is 3.04. The monoisotopic (exact) mass is 219 g/mol. The van der Waals surface area contributed by atoms with Gasteiger partial charge in [-0.1, -0.05) is 6.07 Å². The van der Waals surface area contributed by atoms with Crippen LogP contribution in [0.15, 0.2) is 29.6 Å². The Morgan fingerprint density at radius 2 is 2.13 bits per heavy atom. The number of carbonyl (C=O) groups is 1. The number of hydrogen-bond acceptors (Lipinski definition) is 2. The summed E-state index contributed by atoms with van der Waals surface area (Å²) in [6.07, 6.45) is 0. The number of fused-ring (bicyclic) bond motifs is 1. The highest BCUT2D eigenvalue weighted by atomic mass is 32.1. The van der Waals surface area contributed by atoms with Crippen LogP contribution in [-0.2, 0) is 0 Å². The molecular formula is C12H13NOS. The number of amides is 1. The van der Waals surface area contributed by atoms with Crippen molar-refractivity contribution in [3.63, 3.8) is 0 Å². The Hall–Kier alpha value is -1.35. The molecule has 15 heavy (non-hydrogen) atoms. The molecule has 3 heteroatoms. The molecule has 0 saturated carbocycles. The molecular weight excluding hydrogens is 206 g/mol. The number of thiophene rings is 1. The quantitative estimate of drug-likeness (QED) is 0.826. The minimum absolute atomic E-state index is 0.000278. The third kappa shape index (κ3) is 2.18. The summed E-state index contributed by atoms with van der Waals surface area (Å²) in [5, 5.41) is 6.11. The second-order valence-electron chi connectivity index (χ2n) is 3.80. The summed E-state index contributed by atoms with van der Waals surface area (Å²) in [5.74, 6) is 0.000278. The zero-order valence-electron chi connectivity index (χ0n) is 8.78. The summed E-state index contributed by atoms with van der Waals surface area (Å²) >= 11 is 1.66. The molecule has 1 N–H and O–H groups in total. The van der Waals surface area contributed by atoms with E-state index in [1.807, 2.05) is 37.4 Å². The van der Waals surface area contributed by atoms with E-state index in [0.29, 0.717) is 0 Å². The number of benzene rings is 1. The molecule has 0 atom stereocenters. The van der Waals surface area contributed by atoms with Crippen LogP contribution in [-0.4, -0.2) is 11.9 Å². The summed E-state index contributed by atoms with van der Waals surface area (Å²) in [6.45, 7) is 3.92. The van der Waals surface area contributed by atoms with Crippen LogP contribution >= 0.6 is 11.3 Å². The summed E-state index contributed by atoms with van der Waals surface area (Å²) in [5.41, 5.74) is 0.735. The van der Waals surface area contributed by atoms with Gasteiger partial charge in [0.25, 0.3) is 5.91 Å². The van der Waals surface area contributed by atoms with Gasteiger partial charge in [0.05, 0.1) is 0 Å². The fourth-order valence-electron chi connectivity index (χ4n) is 1.44. The fourth-order valence-corrected chi connectivity index (χ4v) is 2.27. The minimum Gasteiger partial charge on any atom is -0.350 e. The van der Waals surface area contributed by atoms with Crippen molar-refractivity contribution in [3.05, 3.63) is 35.2 Å². The van der Waals surface area contributed by atoms with E-state index in [2.05, 4.69) is 11.4 Å². The van der Waals surface area contributed by atoms with Crippen LogP contribution in [0, 0.1) is 0 Å². The van der Waals surface area contributed by atoms with Crippen molar-refractivity contribution in [2.45, 2.75) is 19.9 Å². The highest BCUT2D eigenvalue weighted by molar-refractivity contribution is 7.17. The van der Waals surface area contributed by atoms with Gasteiger partial charge in [-0.05, 0) is 42.8 Å². The van der Waals surface area contributed by atoms with E-state index in [-0.39, 0.29) is 11.9 Å². The zero-order chi connectivity index (χ0) is 10.8. The van der Waals surface area contributed by atoms with Gasteiger partial charge in [-0.3, -0.25) is 4.79 Å². The first-order valence-corrected chi connectivity index (χ1v) is 5.83. The maximum Gasteiger partial charge on any atom is 0.251 e. The van der Waals surface area contributed by atoms with E-state index in [9.17, 15) is 4.79 Å². The van der Waals surface area contributed by atoms with Gasteiger partial charge in [-0.25, -0.2) is 0 Å². The smallest absolute Gasteiger partial charge is 0.251 e. The first-order chi connectivity index (χ1) is 7.16. The first kappa shape index (κ1) is 10.2. The molecule has 1 aromatic heterocycles. The average molecular weight is 219 g/mol. The van der Waals surface area contributed by atoms with Crippen molar-refractivity contribution < 1.29 is 4.79 Å². The third-order valence-electron chi connectivity index (χ3n) is 2.14.